The van der Waals surface area contributed by atoms with Crippen molar-refractivity contribution in [2.45, 2.75) is 19.5 Å². The Bertz CT molecular complexity index is 456. The van der Waals surface area contributed by atoms with E-state index >= 15 is 0 Å². The van der Waals surface area contributed by atoms with Crippen LogP contribution in [0.1, 0.15) is 12.5 Å². The lowest BCUT2D eigenvalue weighted by Crippen LogP contribution is -2.49. The predicted molar refractivity (Wildman–Crippen MR) is 102 cm³/mol. The second kappa shape index (κ2) is 12.5. The molecule has 138 valence electrons. The summed E-state index contributed by atoms with van der Waals surface area (Å²) in [5.74, 6) is 0.145. The molecule has 0 saturated carbocycles. The van der Waals surface area contributed by atoms with Crippen molar-refractivity contribution >= 4 is 30.7 Å². The van der Waals surface area contributed by atoms with Crippen molar-refractivity contribution in [3.63, 3.8) is 0 Å². The number of nitrogens with zero attached hydrogens (tertiary/aromatic N) is 2. The van der Waals surface area contributed by atoms with Crippen LogP contribution in [0.3, 0.4) is 0 Å². The largest absolute Gasteiger partial charge is 0.379 e. The quantitative estimate of drug-likeness (QED) is 0.786. The smallest absolute Gasteiger partial charge is 0.237 e. The summed E-state index contributed by atoms with van der Waals surface area (Å²) >= 11 is 0. The molecule has 1 N–H and O–H groups in total. The van der Waals surface area contributed by atoms with Gasteiger partial charge in [0.25, 0.3) is 0 Å². The molecule has 1 aromatic carbocycles. The van der Waals surface area contributed by atoms with Crippen molar-refractivity contribution < 1.29 is 9.53 Å². The second-order valence-corrected chi connectivity index (χ2v) is 5.80. The SMILES string of the molecule is CNCC(=O)N(Cc1ccccc1)C(C)CN1CCOCC1.Cl.Cl. The summed E-state index contributed by atoms with van der Waals surface area (Å²) in [4.78, 5) is 16.8. The monoisotopic (exact) mass is 377 g/mol. The maximum absolute atomic E-state index is 12.5. The van der Waals surface area contributed by atoms with Gasteiger partial charge in [0, 0.05) is 32.2 Å². The normalized spacial score (nSPS) is 15.8. The van der Waals surface area contributed by atoms with Gasteiger partial charge in [-0.3, -0.25) is 9.69 Å². The van der Waals surface area contributed by atoms with Crippen molar-refractivity contribution in [3.05, 3.63) is 35.9 Å². The van der Waals surface area contributed by atoms with E-state index in [1.807, 2.05) is 30.1 Å². The highest BCUT2D eigenvalue weighted by atomic mass is 35.5. The minimum atomic E-state index is 0. The first-order valence-electron chi connectivity index (χ1n) is 7.99. The lowest BCUT2D eigenvalue weighted by molar-refractivity contribution is -0.133. The number of nitrogens with one attached hydrogen (secondary N) is 1. The average Bonchev–Trinajstić information content (AvgIpc) is 2.54. The summed E-state index contributed by atoms with van der Waals surface area (Å²) in [6.45, 7) is 7.53. The number of rotatable bonds is 7. The molecule has 5 nitrogen and oxygen atoms in total. The van der Waals surface area contributed by atoms with Crippen LogP contribution in [-0.4, -0.2) is 68.2 Å². The molecule has 1 aliphatic rings. The van der Waals surface area contributed by atoms with Crippen LogP contribution in [0.5, 0.6) is 0 Å². The van der Waals surface area contributed by atoms with Crippen molar-refractivity contribution in [3.8, 4) is 0 Å². The van der Waals surface area contributed by atoms with Gasteiger partial charge in [-0.15, -0.1) is 24.8 Å². The Balaban J connectivity index is 0.00000264. The van der Waals surface area contributed by atoms with E-state index in [-0.39, 0.29) is 36.8 Å². The predicted octanol–water partition coefficient (Wildman–Crippen LogP) is 1.80. The van der Waals surface area contributed by atoms with Gasteiger partial charge in [-0.25, -0.2) is 0 Å². The van der Waals surface area contributed by atoms with Gasteiger partial charge in [0.2, 0.25) is 5.91 Å². The molecule has 1 unspecified atom stereocenters. The molecule has 7 heteroatoms. The van der Waals surface area contributed by atoms with Gasteiger partial charge in [0.05, 0.1) is 19.8 Å². The van der Waals surface area contributed by atoms with Gasteiger partial charge < -0.3 is 15.0 Å². The average molecular weight is 378 g/mol. The van der Waals surface area contributed by atoms with E-state index < -0.39 is 0 Å². The van der Waals surface area contributed by atoms with Gasteiger partial charge in [-0.1, -0.05) is 30.3 Å². The molecule has 1 atom stereocenters. The first-order valence-corrected chi connectivity index (χ1v) is 7.99. The Kier molecular flexibility index (Phi) is 12.1. The number of likely N-dealkylation sites (N-methyl/N-ethyl adjacent to an activating group) is 1. The van der Waals surface area contributed by atoms with Crippen molar-refractivity contribution in [1.82, 2.24) is 15.1 Å². The van der Waals surface area contributed by atoms with E-state index in [2.05, 4.69) is 29.3 Å². The van der Waals surface area contributed by atoms with Crippen molar-refractivity contribution in [2.24, 2.45) is 0 Å². The Labute approximate surface area is 157 Å². The number of hydrogen-bond acceptors (Lipinski definition) is 4. The molecule has 1 fully saturated rings. The van der Waals surface area contributed by atoms with Gasteiger partial charge in [-0.2, -0.15) is 0 Å². The maximum Gasteiger partial charge on any atom is 0.237 e. The molecule has 1 aromatic rings. The summed E-state index contributed by atoms with van der Waals surface area (Å²) in [7, 11) is 1.81. The number of ether oxygens (including phenoxy) is 1. The summed E-state index contributed by atoms with van der Waals surface area (Å²) in [6.07, 6.45) is 0. The molecule has 0 aliphatic carbocycles. The van der Waals surface area contributed by atoms with Gasteiger partial charge in [-0.05, 0) is 19.5 Å². The van der Waals surface area contributed by atoms with E-state index in [0.717, 1.165) is 32.8 Å². The Morgan fingerprint density at radius 3 is 2.46 bits per heavy atom. The highest BCUT2D eigenvalue weighted by molar-refractivity contribution is 5.85. The zero-order chi connectivity index (χ0) is 15.8. The van der Waals surface area contributed by atoms with Crippen molar-refractivity contribution in [2.75, 3.05) is 46.4 Å². The lowest BCUT2D eigenvalue weighted by atomic mass is 10.1. The van der Waals surface area contributed by atoms with Crippen LogP contribution in [0.2, 0.25) is 0 Å². The Morgan fingerprint density at radius 1 is 1.25 bits per heavy atom. The Hall–Kier alpha value is -0.850. The molecule has 2 rings (SSSR count). The van der Waals surface area contributed by atoms with Crippen LogP contribution < -0.4 is 5.32 Å². The fourth-order valence-corrected chi connectivity index (χ4v) is 2.78. The number of halogens is 2. The third kappa shape index (κ3) is 7.36. The lowest BCUT2D eigenvalue weighted by Gasteiger charge is -2.35. The fourth-order valence-electron chi connectivity index (χ4n) is 2.78. The van der Waals surface area contributed by atoms with Crippen LogP contribution in [0, 0.1) is 0 Å². The number of amides is 1. The highest BCUT2D eigenvalue weighted by Gasteiger charge is 2.22. The van der Waals surface area contributed by atoms with Crippen LogP contribution in [0.15, 0.2) is 30.3 Å². The van der Waals surface area contributed by atoms with Crippen LogP contribution >= 0.6 is 24.8 Å². The van der Waals surface area contributed by atoms with Gasteiger partial charge >= 0.3 is 0 Å². The minimum Gasteiger partial charge on any atom is -0.379 e. The number of morpholine rings is 1. The van der Waals surface area contributed by atoms with E-state index in [4.69, 9.17) is 4.74 Å². The number of carbonyl (C=O) groups excluding carboxylic acids is 1. The third-order valence-electron chi connectivity index (χ3n) is 4.00. The summed E-state index contributed by atoms with van der Waals surface area (Å²) < 4.78 is 5.39. The minimum absolute atomic E-state index is 0. The topological polar surface area (TPSA) is 44.8 Å². The van der Waals surface area contributed by atoms with E-state index in [9.17, 15) is 4.79 Å². The first kappa shape index (κ1) is 23.1. The molecular formula is C17H29Cl2N3O2. The van der Waals surface area contributed by atoms with E-state index in [0.29, 0.717) is 13.1 Å². The number of hydrogen-bond donors (Lipinski definition) is 1. The van der Waals surface area contributed by atoms with Gasteiger partial charge in [0.15, 0.2) is 0 Å². The molecule has 1 saturated heterocycles. The summed E-state index contributed by atoms with van der Waals surface area (Å²) in [5, 5.41) is 2.97. The van der Waals surface area contributed by atoms with Crippen LogP contribution in [-0.2, 0) is 16.1 Å². The van der Waals surface area contributed by atoms with Gasteiger partial charge in [0.1, 0.15) is 0 Å². The molecule has 24 heavy (non-hydrogen) atoms. The maximum atomic E-state index is 12.5. The highest BCUT2D eigenvalue weighted by Crippen LogP contribution is 2.11. The molecule has 1 aliphatic heterocycles. The first-order chi connectivity index (χ1) is 10.7. The molecule has 1 heterocycles. The standard InChI is InChI=1S/C17H27N3O2.2ClH/c1-15(13-19-8-10-22-11-9-19)20(17(21)12-18-2)14-16-6-4-3-5-7-16;;/h3-7,15,18H,8-14H2,1-2H3;2*1H. The fraction of sp³-hybridized carbons (Fsp3) is 0.588. The molecule has 0 spiro atoms. The molecule has 0 bridgehead atoms. The van der Waals surface area contributed by atoms with E-state index in [1.54, 1.807) is 0 Å². The summed E-state index contributed by atoms with van der Waals surface area (Å²) in [5.41, 5.74) is 1.17. The Morgan fingerprint density at radius 2 is 1.88 bits per heavy atom. The van der Waals surface area contributed by atoms with Crippen LogP contribution in [0.25, 0.3) is 0 Å². The van der Waals surface area contributed by atoms with Crippen LogP contribution in [0.4, 0.5) is 0 Å². The molecule has 0 aromatic heterocycles. The zero-order valence-corrected chi connectivity index (χ0v) is 16.1. The van der Waals surface area contributed by atoms with E-state index in [1.165, 1.54) is 5.56 Å². The van der Waals surface area contributed by atoms with Crippen molar-refractivity contribution in [1.29, 1.82) is 0 Å². The third-order valence-corrected chi connectivity index (χ3v) is 4.00. The molecule has 0 radical (unpaired) electrons. The zero-order valence-electron chi connectivity index (χ0n) is 14.4. The summed E-state index contributed by atoms with van der Waals surface area (Å²) in [6, 6.07) is 10.4. The second-order valence-electron chi connectivity index (χ2n) is 5.80. The number of carbonyl (C=O) groups is 1. The molecule has 1 amide bonds. The number of benzene rings is 1. The molecular weight excluding hydrogens is 349 g/mol.